The molecule has 3 aromatic carbocycles. The van der Waals surface area contributed by atoms with Gasteiger partial charge in [-0.2, -0.15) is 0 Å². The van der Waals surface area contributed by atoms with E-state index in [0.717, 1.165) is 29.5 Å². The van der Waals surface area contributed by atoms with Crippen molar-refractivity contribution in [3.63, 3.8) is 0 Å². The number of rotatable bonds is 10. The SMILES string of the molecule is CN(C)C(=O)c1ccc(-c2cc(CC(=O)C3(c4ccc5c(c4)OCO5)CC3)ccc2C(=O)C[C@@H](CO)C(C)(C)C)cc1. The van der Waals surface area contributed by atoms with Gasteiger partial charge in [0.15, 0.2) is 17.3 Å². The fourth-order valence-corrected chi connectivity index (χ4v) is 5.61. The Hall–Kier alpha value is -3.97. The molecule has 220 valence electrons. The Morgan fingerprint density at radius 1 is 0.929 bits per heavy atom. The van der Waals surface area contributed by atoms with Crippen LogP contribution in [0.5, 0.6) is 11.5 Å². The van der Waals surface area contributed by atoms with E-state index < -0.39 is 5.41 Å². The van der Waals surface area contributed by atoms with E-state index in [1.807, 2.05) is 63.2 Å². The first-order chi connectivity index (χ1) is 19.9. The minimum absolute atomic E-state index is 0.0654. The molecular weight excluding hydrogens is 530 g/mol. The highest BCUT2D eigenvalue weighted by atomic mass is 16.7. The number of aliphatic hydroxyl groups excluding tert-OH is 1. The van der Waals surface area contributed by atoms with Crippen LogP contribution in [0.1, 0.15) is 71.9 Å². The topological polar surface area (TPSA) is 93.1 Å². The van der Waals surface area contributed by atoms with Crippen LogP contribution in [0.3, 0.4) is 0 Å². The highest BCUT2D eigenvalue weighted by Gasteiger charge is 2.50. The predicted octanol–water partition coefficient (Wildman–Crippen LogP) is 5.85. The van der Waals surface area contributed by atoms with Crippen LogP contribution >= 0.6 is 0 Å². The van der Waals surface area contributed by atoms with Crippen LogP contribution in [0.2, 0.25) is 0 Å². The van der Waals surface area contributed by atoms with Gasteiger partial charge in [-0.15, -0.1) is 0 Å². The summed E-state index contributed by atoms with van der Waals surface area (Å²) in [5.74, 6) is 1.13. The summed E-state index contributed by atoms with van der Waals surface area (Å²) in [5.41, 5.74) is 3.59. The van der Waals surface area contributed by atoms with Crippen LogP contribution in [-0.2, 0) is 16.6 Å². The number of ketones is 2. The van der Waals surface area contributed by atoms with E-state index in [1.165, 1.54) is 4.90 Å². The second-order valence-corrected chi connectivity index (χ2v) is 12.8. The Morgan fingerprint density at radius 3 is 2.24 bits per heavy atom. The van der Waals surface area contributed by atoms with Crippen LogP contribution in [0.25, 0.3) is 11.1 Å². The first-order valence-corrected chi connectivity index (χ1v) is 14.5. The van der Waals surface area contributed by atoms with Gasteiger partial charge in [-0.3, -0.25) is 14.4 Å². The maximum atomic E-state index is 13.7. The van der Waals surface area contributed by atoms with E-state index in [-0.39, 0.29) is 55.0 Å². The molecular formula is C35H39NO6. The van der Waals surface area contributed by atoms with Gasteiger partial charge in [-0.25, -0.2) is 0 Å². The molecule has 42 heavy (non-hydrogen) atoms. The van der Waals surface area contributed by atoms with E-state index >= 15 is 0 Å². The van der Waals surface area contributed by atoms with E-state index in [1.54, 1.807) is 32.3 Å². The lowest BCUT2D eigenvalue weighted by molar-refractivity contribution is -0.120. The summed E-state index contributed by atoms with van der Waals surface area (Å²) in [5, 5.41) is 10.0. The van der Waals surface area contributed by atoms with E-state index in [2.05, 4.69) is 0 Å². The van der Waals surface area contributed by atoms with Gasteiger partial charge in [-0.05, 0) is 76.8 Å². The minimum atomic E-state index is -0.537. The van der Waals surface area contributed by atoms with Crippen LogP contribution in [-0.4, -0.2) is 55.0 Å². The number of benzene rings is 3. The second-order valence-electron chi connectivity index (χ2n) is 12.8. The first-order valence-electron chi connectivity index (χ1n) is 14.5. The van der Waals surface area contributed by atoms with Crippen molar-refractivity contribution in [3.8, 4) is 22.6 Å². The summed E-state index contributed by atoms with van der Waals surface area (Å²) in [6, 6.07) is 18.5. The molecule has 0 spiro atoms. The van der Waals surface area contributed by atoms with Gasteiger partial charge >= 0.3 is 0 Å². The fraction of sp³-hybridized carbons (Fsp3) is 0.400. The van der Waals surface area contributed by atoms with Gasteiger partial charge in [-0.1, -0.05) is 51.1 Å². The Labute approximate surface area is 247 Å². The molecule has 1 aliphatic heterocycles. The number of aliphatic hydroxyl groups is 1. The lowest BCUT2D eigenvalue weighted by Crippen LogP contribution is -2.27. The number of hydrogen-bond donors (Lipinski definition) is 1. The number of amides is 1. The summed E-state index contributed by atoms with van der Waals surface area (Å²) < 4.78 is 11.0. The molecule has 0 unspecified atom stereocenters. The van der Waals surface area contributed by atoms with Crippen molar-refractivity contribution in [2.24, 2.45) is 11.3 Å². The molecule has 0 saturated heterocycles. The quantitative estimate of drug-likeness (QED) is 0.308. The molecule has 1 aliphatic carbocycles. The van der Waals surface area contributed by atoms with E-state index in [9.17, 15) is 19.5 Å². The van der Waals surface area contributed by atoms with Gasteiger partial charge in [0.1, 0.15) is 5.78 Å². The molecule has 1 heterocycles. The lowest BCUT2D eigenvalue weighted by Gasteiger charge is -2.28. The average Bonchev–Trinajstić information content (AvgIpc) is 3.65. The first kappa shape index (κ1) is 29.5. The third kappa shape index (κ3) is 5.84. The maximum absolute atomic E-state index is 13.7. The van der Waals surface area contributed by atoms with Gasteiger partial charge < -0.3 is 19.5 Å². The molecule has 3 aromatic rings. The molecule has 5 rings (SSSR count). The van der Waals surface area contributed by atoms with Gasteiger partial charge in [0.05, 0.1) is 5.41 Å². The highest BCUT2D eigenvalue weighted by Crippen LogP contribution is 2.51. The molecule has 1 fully saturated rings. The van der Waals surface area contributed by atoms with Crippen molar-refractivity contribution in [2.45, 2.75) is 51.9 Å². The summed E-state index contributed by atoms with van der Waals surface area (Å²) >= 11 is 0. The van der Waals surface area contributed by atoms with Crippen molar-refractivity contribution in [1.29, 1.82) is 0 Å². The van der Waals surface area contributed by atoms with Crippen LogP contribution < -0.4 is 9.47 Å². The Balaban J connectivity index is 1.46. The number of Topliss-reactive ketones (excluding diaryl/α,β-unsaturated/α-hetero) is 2. The normalized spacial score (nSPS) is 15.7. The highest BCUT2D eigenvalue weighted by molar-refractivity contribution is 6.03. The standard InChI is InChI=1S/C35H39NO6/c1-34(2,3)26(20-37)18-29(38)27-12-6-22(16-28(27)23-7-9-24(10-8-23)33(40)36(4)5)17-32(39)35(14-15-35)25-11-13-30-31(19-25)42-21-41-30/h6-13,16,19,26,37H,14-15,17-18,20-21H2,1-5H3/t26-/m0/s1. The molecule has 0 bridgehead atoms. The number of carbonyl (C=O) groups is 3. The molecule has 7 heteroatoms. The number of nitrogens with zero attached hydrogens (tertiary/aromatic N) is 1. The summed E-state index contributed by atoms with van der Waals surface area (Å²) in [7, 11) is 3.41. The van der Waals surface area contributed by atoms with Crippen molar-refractivity contribution < 1.29 is 29.0 Å². The molecule has 2 aliphatic rings. The predicted molar refractivity (Wildman–Crippen MR) is 161 cm³/mol. The van der Waals surface area contributed by atoms with Gasteiger partial charge in [0.2, 0.25) is 6.79 Å². The van der Waals surface area contributed by atoms with E-state index in [4.69, 9.17) is 9.47 Å². The van der Waals surface area contributed by atoms with E-state index in [0.29, 0.717) is 28.2 Å². The molecule has 1 atom stereocenters. The largest absolute Gasteiger partial charge is 0.454 e. The summed E-state index contributed by atoms with van der Waals surface area (Å²) in [6.07, 6.45) is 2.00. The van der Waals surface area contributed by atoms with Crippen molar-refractivity contribution in [2.75, 3.05) is 27.5 Å². The monoisotopic (exact) mass is 569 g/mol. The zero-order valence-electron chi connectivity index (χ0n) is 25.0. The second kappa shape index (κ2) is 11.4. The van der Waals surface area contributed by atoms with Gasteiger partial charge in [0.25, 0.3) is 5.91 Å². The summed E-state index contributed by atoms with van der Waals surface area (Å²) in [4.78, 5) is 41.4. The molecule has 1 N–H and O–H groups in total. The van der Waals surface area contributed by atoms with Crippen LogP contribution in [0.4, 0.5) is 0 Å². The number of hydrogen-bond acceptors (Lipinski definition) is 6. The zero-order valence-corrected chi connectivity index (χ0v) is 25.0. The van der Waals surface area contributed by atoms with Crippen LogP contribution in [0, 0.1) is 11.3 Å². The Morgan fingerprint density at radius 2 is 1.62 bits per heavy atom. The zero-order chi connectivity index (χ0) is 30.2. The van der Waals surface area contributed by atoms with Crippen LogP contribution in [0.15, 0.2) is 60.7 Å². The fourth-order valence-electron chi connectivity index (χ4n) is 5.61. The average molecular weight is 570 g/mol. The smallest absolute Gasteiger partial charge is 0.253 e. The molecule has 0 aromatic heterocycles. The minimum Gasteiger partial charge on any atom is -0.454 e. The third-order valence-corrected chi connectivity index (χ3v) is 8.68. The lowest BCUT2D eigenvalue weighted by atomic mass is 9.77. The molecule has 0 radical (unpaired) electrons. The van der Waals surface area contributed by atoms with Crippen molar-refractivity contribution in [3.05, 3.63) is 82.9 Å². The van der Waals surface area contributed by atoms with Crippen molar-refractivity contribution >= 4 is 17.5 Å². The molecule has 1 amide bonds. The maximum Gasteiger partial charge on any atom is 0.253 e. The van der Waals surface area contributed by atoms with Crippen molar-refractivity contribution in [1.82, 2.24) is 4.90 Å². The Bertz CT molecular complexity index is 1510. The summed E-state index contributed by atoms with van der Waals surface area (Å²) in [6.45, 7) is 6.16. The molecule has 1 saturated carbocycles. The third-order valence-electron chi connectivity index (χ3n) is 8.68. The number of fused-ring (bicyclic) bond motifs is 1. The molecule has 7 nitrogen and oxygen atoms in total. The van der Waals surface area contributed by atoms with Gasteiger partial charge in [0, 0.05) is 44.7 Å². The number of carbonyl (C=O) groups excluding carboxylic acids is 3. The number of ether oxygens (including phenoxy) is 2. The Kier molecular flexibility index (Phi) is 7.99.